The van der Waals surface area contributed by atoms with Crippen LogP contribution in [0.1, 0.15) is 29.5 Å². The van der Waals surface area contributed by atoms with Gasteiger partial charge in [0.15, 0.2) is 0 Å². The zero-order valence-electron chi connectivity index (χ0n) is 22.4. The van der Waals surface area contributed by atoms with Crippen LogP contribution in [0.5, 0.6) is 5.75 Å². The van der Waals surface area contributed by atoms with Gasteiger partial charge in [0.2, 0.25) is 0 Å². The first-order valence-corrected chi connectivity index (χ1v) is 13.0. The Bertz CT molecular complexity index is 1620. The van der Waals surface area contributed by atoms with Crippen LogP contribution < -0.4 is 14.5 Å². The van der Waals surface area contributed by atoms with Crippen molar-refractivity contribution in [3.63, 3.8) is 0 Å². The molecule has 0 bridgehead atoms. The number of nitro groups is 1. The normalized spacial score (nSPS) is 13.5. The molecule has 1 amide bonds. The first-order chi connectivity index (χ1) is 19.8. The summed E-state index contributed by atoms with van der Waals surface area (Å²) in [7, 11) is 1.53. The van der Waals surface area contributed by atoms with Crippen molar-refractivity contribution >= 4 is 46.5 Å². The Balaban J connectivity index is 1.78. The highest BCUT2D eigenvalue weighted by Gasteiger charge is 2.34. The van der Waals surface area contributed by atoms with E-state index in [0.717, 1.165) is 16.8 Å². The van der Waals surface area contributed by atoms with Crippen LogP contribution in [0, 0.1) is 39.7 Å². The molecule has 3 aromatic carbocycles. The Hall–Kier alpha value is -5.19. The van der Waals surface area contributed by atoms with Gasteiger partial charge in [0.25, 0.3) is 11.6 Å². The zero-order valence-corrected chi connectivity index (χ0v) is 23.1. The third-order valence-corrected chi connectivity index (χ3v) is 6.82. The predicted molar refractivity (Wildman–Crippen MR) is 157 cm³/mol. The second-order valence-electron chi connectivity index (χ2n) is 9.07. The molecule has 1 heterocycles. The SMILES string of the molecule is COc1ccc(N2C(=O)/C(=C\c3ccc(N(CCC#N)CCC#N)cc3C)N=C2c2cc([N+](=O)[O-])ccc2Cl)cc1. The van der Waals surface area contributed by atoms with Crippen molar-refractivity contribution in [2.75, 3.05) is 30.0 Å². The molecule has 0 unspecified atom stereocenters. The minimum Gasteiger partial charge on any atom is -0.497 e. The highest BCUT2D eigenvalue weighted by atomic mass is 35.5. The molecule has 1 aliphatic heterocycles. The van der Waals surface area contributed by atoms with E-state index in [9.17, 15) is 14.9 Å². The summed E-state index contributed by atoms with van der Waals surface area (Å²) in [6.07, 6.45) is 2.30. The van der Waals surface area contributed by atoms with Gasteiger partial charge in [0.05, 0.1) is 47.7 Å². The molecule has 0 radical (unpaired) electrons. The summed E-state index contributed by atoms with van der Waals surface area (Å²) in [5.41, 5.74) is 3.12. The first kappa shape index (κ1) is 28.8. The van der Waals surface area contributed by atoms with Crippen LogP contribution >= 0.6 is 11.6 Å². The van der Waals surface area contributed by atoms with Gasteiger partial charge in [0.1, 0.15) is 17.3 Å². The molecule has 10 nitrogen and oxygen atoms in total. The zero-order chi connectivity index (χ0) is 29.5. The van der Waals surface area contributed by atoms with Crippen LogP contribution in [0.15, 0.2) is 71.4 Å². The van der Waals surface area contributed by atoms with Gasteiger partial charge >= 0.3 is 0 Å². The Morgan fingerprint density at radius 3 is 2.34 bits per heavy atom. The van der Waals surface area contributed by atoms with Gasteiger partial charge in [-0.2, -0.15) is 10.5 Å². The molecule has 0 saturated heterocycles. The molecular formula is C30H25ClN6O4. The fraction of sp³-hybridized carbons (Fsp3) is 0.200. The Kier molecular flexibility index (Phi) is 8.98. The number of nitrogens with zero attached hydrogens (tertiary/aromatic N) is 6. The summed E-state index contributed by atoms with van der Waals surface area (Å²) in [5, 5.41) is 29.7. The second kappa shape index (κ2) is 12.8. The lowest BCUT2D eigenvalue weighted by Crippen LogP contribution is -2.32. The van der Waals surface area contributed by atoms with Crippen LogP contribution in [0.25, 0.3) is 6.08 Å². The van der Waals surface area contributed by atoms with Crippen molar-refractivity contribution in [3.8, 4) is 17.9 Å². The van der Waals surface area contributed by atoms with Gasteiger partial charge < -0.3 is 9.64 Å². The number of halogens is 1. The van der Waals surface area contributed by atoms with E-state index in [-0.39, 0.29) is 27.8 Å². The maximum atomic E-state index is 13.8. The standard InChI is InChI=1S/C30H25ClN6O4/c1-20-17-23(35(15-3-13-32)16-4-14-33)6-5-21(20)18-28-30(38)36(22-7-10-25(41-2)11-8-22)29(34-28)26-19-24(37(39)40)9-12-27(26)31/h5-12,17-19H,3-4,15-16H2,1-2H3/b28-18+. The highest BCUT2D eigenvalue weighted by Crippen LogP contribution is 2.33. The molecule has 0 saturated carbocycles. The summed E-state index contributed by atoms with van der Waals surface area (Å²) in [4.78, 5) is 32.7. The van der Waals surface area contributed by atoms with Crippen molar-refractivity contribution < 1.29 is 14.5 Å². The Morgan fingerprint density at radius 1 is 1.07 bits per heavy atom. The van der Waals surface area contributed by atoms with Crippen LogP contribution in [-0.4, -0.2) is 36.9 Å². The van der Waals surface area contributed by atoms with Gasteiger partial charge in [-0.15, -0.1) is 0 Å². The van der Waals surface area contributed by atoms with E-state index in [1.54, 1.807) is 30.3 Å². The fourth-order valence-corrected chi connectivity index (χ4v) is 4.57. The first-order valence-electron chi connectivity index (χ1n) is 12.6. The van der Waals surface area contributed by atoms with Crippen molar-refractivity contribution in [2.24, 2.45) is 4.99 Å². The molecule has 0 aromatic heterocycles. The van der Waals surface area contributed by atoms with Gasteiger partial charge in [-0.1, -0.05) is 17.7 Å². The van der Waals surface area contributed by atoms with Crippen LogP contribution in [0.2, 0.25) is 5.02 Å². The van der Waals surface area contributed by atoms with Crippen molar-refractivity contribution in [1.29, 1.82) is 10.5 Å². The number of carbonyl (C=O) groups excluding carboxylic acids is 1. The lowest BCUT2D eigenvalue weighted by atomic mass is 10.1. The van der Waals surface area contributed by atoms with E-state index in [1.165, 1.54) is 30.2 Å². The van der Waals surface area contributed by atoms with E-state index < -0.39 is 10.8 Å². The molecule has 11 heteroatoms. The maximum Gasteiger partial charge on any atom is 0.282 e. The number of methoxy groups -OCH3 is 1. The van der Waals surface area contributed by atoms with Gasteiger partial charge in [-0.05, 0) is 66.6 Å². The molecule has 4 rings (SSSR count). The average molecular weight is 569 g/mol. The highest BCUT2D eigenvalue weighted by molar-refractivity contribution is 6.39. The molecule has 1 aliphatic rings. The second-order valence-corrected chi connectivity index (χ2v) is 9.48. The van der Waals surface area contributed by atoms with E-state index in [4.69, 9.17) is 26.9 Å². The number of non-ortho nitro benzene ring substituents is 1. The topological polar surface area (TPSA) is 136 Å². The number of amides is 1. The number of benzene rings is 3. The smallest absolute Gasteiger partial charge is 0.282 e. The number of ether oxygens (including phenoxy) is 1. The minimum atomic E-state index is -0.535. The molecule has 0 spiro atoms. The van der Waals surface area contributed by atoms with Crippen LogP contribution in [0.3, 0.4) is 0 Å². The van der Waals surface area contributed by atoms with Crippen LogP contribution in [-0.2, 0) is 4.79 Å². The molecule has 0 atom stereocenters. The lowest BCUT2D eigenvalue weighted by molar-refractivity contribution is -0.384. The number of anilines is 2. The van der Waals surface area contributed by atoms with E-state index in [0.29, 0.717) is 37.4 Å². The van der Waals surface area contributed by atoms with Crippen LogP contribution in [0.4, 0.5) is 17.1 Å². The number of hydrogen-bond donors (Lipinski definition) is 0. The summed E-state index contributed by atoms with van der Waals surface area (Å²) in [6, 6.07) is 20.7. The van der Waals surface area contributed by atoms with Crippen molar-refractivity contribution in [2.45, 2.75) is 19.8 Å². The molecule has 0 aliphatic carbocycles. The number of hydrogen-bond acceptors (Lipinski definition) is 8. The molecule has 0 N–H and O–H groups in total. The molecular weight excluding hydrogens is 544 g/mol. The number of amidine groups is 1. The molecule has 206 valence electrons. The quantitative estimate of drug-likeness (QED) is 0.165. The minimum absolute atomic E-state index is 0.125. The number of nitro benzene ring substituents is 1. The summed E-state index contributed by atoms with van der Waals surface area (Å²) >= 11 is 6.46. The molecule has 0 fully saturated rings. The number of nitriles is 2. The monoisotopic (exact) mass is 568 g/mol. The Labute approximate surface area is 242 Å². The van der Waals surface area contributed by atoms with Gasteiger partial charge in [-0.25, -0.2) is 4.99 Å². The number of rotatable bonds is 10. The third kappa shape index (κ3) is 6.35. The fourth-order valence-electron chi connectivity index (χ4n) is 4.37. The van der Waals surface area contributed by atoms with E-state index in [1.807, 2.05) is 30.0 Å². The maximum absolute atomic E-state index is 13.8. The lowest BCUT2D eigenvalue weighted by Gasteiger charge is -2.23. The average Bonchev–Trinajstić information content (AvgIpc) is 3.29. The van der Waals surface area contributed by atoms with Gasteiger partial charge in [-0.3, -0.25) is 19.8 Å². The Morgan fingerprint density at radius 2 is 1.76 bits per heavy atom. The van der Waals surface area contributed by atoms with Gasteiger partial charge in [0, 0.05) is 36.5 Å². The number of aryl methyl sites for hydroxylation is 1. The van der Waals surface area contributed by atoms with E-state index in [2.05, 4.69) is 17.1 Å². The summed E-state index contributed by atoms with van der Waals surface area (Å²) < 4.78 is 5.24. The summed E-state index contributed by atoms with van der Waals surface area (Å²) in [6.45, 7) is 2.88. The summed E-state index contributed by atoms with van der Waals surface area (Å²) in [5.74, 6) is 0.326. The number of aliphatic imine (C=N–C) groups is 1. The van der Waals surface area contributed by atoms with E-state index >= 15 is 0 Å². The van der Waals surface area contributed by atoms with Crippen molar-refractivity contribution in [3.05, 3.63) is 98.2 Å². The molecule has 41 heavy (non-hydrogen) atoms. The molecule has 3 aromatic rings. The third-order valence-electron chi connectivity index (χ3n) is 6.49. The van der Waals surface area contributed by atoms with Crippen molar-refractivity contribution in [1.82, 2.24) is 0 Å². The number of carbonyl (C=O) groups is 1. The predicted octanol–water partition coefficient (Wildman–Crippen LogP) is 6.03. The largest absolute Gasteiger partial charge is 0.497 e.